The van der Waals surface area contributed by atoms with Gasteiger partial charge >= 0.3 is 5.97 Å². The summed E-state index contributed by atoms with van der Waals surface area (Å²) in [4.78, 5) is 11.2. The number of ether oxygens (including phenoxy) is 1. The molecule has 0 atom stereocenters. The average Bonchev–Trinajstić information content (AvgIpc) is 2.63. The molecule has 0 aromatic rings. The Balaban J connectivity index is 2.58. The van der Waals surface area contributed by atoms with Crippen LogP contribution in [0.4, 0.5) is 0 Å². The zero-order valence-corrected chi connectivity index (χ0v) is 7.03. The summed E-state index contributed by atoms with van der Waals surface area (Å²) in [5, 5.41) is 0. The predicted octanol–water partition coefficient (Wildman–Crippen LogP) is 1.97. The highest BCUT2D eigenvalue weighted by Gasteiger charge is 2.17. The van der Waals surface area contributed by atoms with Gasteiger partial charge in [0.05, 0.1) is 13.4 Å². The molecule has 0 aromatic heterocycles. The summed E-state index contributed by atoms with van der Waals surface area (Å²) in [6.07, 6.45) is 1.45. The number of rotatable bonds is 1. The predicted molar refractivity (Wildman–Crippen MR) is 45.5 cm³/mol. The van der Waals surface area contributed by atoms with Crippen LogP contribution in [0.3, 0.4) is 0 Å². The van der Waals surface area contributed by atoms with Gasteiger partial charge in [0, 0.05) is 5.56 Å². The van der Waals surface area contributed by atoms with Crippen LogP contribution >= 0.6 is 0 Å². The first kappa shape index (κ1) is 7.86. The van der Waals surface area contributed by atoms with Gasteiger partial charge in [-0.15, -0.1) is 0 Å². The topological polar surface area (TPSA) is 39.4 Å². The van der Waals surface area contributed by atoms with Gasteiger partial charge in [0.25, 0.3) is 0 Å². The summed E-state index contributed by atoms with van der Waals surface area (Å²) < 4.78 is 9.62. The lowest BCUT2D eigenvalue weighted by molar-refractivity contribution is 0.0564. The molecule has 2 aliphatic rings. The first-order chi connectivity index (χ1) is 6.33. The maximum absolute atomic E-state index is 11.2. The second-order valence-electron chi connectivity index (χ2n) is 2.55. The molecular weight excluding hydrogens is 168 g/mol. The van der Waals surface area contributed by atoms with E-state index < -0.39 is 5.97 Å². The molecule has 2 rings (SSSR count). The zero-order chi connectivity index (χ0) is 9.26. The molecule has 3 nitrogen and oxygen atoms in total. The summed E-state index contributed by atoms with van der Waals surface area (Å²) in [6, 6.07) is 8.23. The van der Waals surface area contributed by atoms with Crippen molar-refractivity contribution in [2.45, 2.75) is 0 Å². The third-order valence-corrected chi connectivity index (χ3v) is 1.82. The lowest BCUT2D eigenvalue weighted by Gasteiger charge is -2.03. The van der Waals surface area contributed by atoms with E-state index in [1.165, 1.54) is 13.4 Å². The van der Waals surface area contributed by atoms with Crippen molar-refractivity contribution in [1.82, 2.24) is 0 Å². The van der Waals surface area contributed by atoms with Gasteiger partial charge in [-0.3, -0.25) is 0 Å². The summed E-state index contributed by atoms with van der Waals surface area (Å²) in [5.41, 5.74) is 1.58. The smallest absolute Gasteiger partial charge is 0.374 e. The van der Waals surface area contributed by atoms with Crippen molar-refractivity contribution in [3.05, 3.63) is 36.3 Å². The number of hydrogen-bond acceptors (Lipinski definition) is 3. The molecular formula is C10H7O3. The molecule has 0 unspecified atom stereocenters. The number of hydrogen-bond donors (Lipinski definition) is 0. The Labute approximate surface area is 75.3 Å². The van der Waals surface area contributed by atoms with Gasteiger partial charge in [0.15, 0.2) is 0 Å². The van der Waals surface area contributed by atoms with E-state index in [0.717, 1.165) is 11.1 Å². The number of carbonyl (C=O) groups is 1. The highest BCUT2D eigenvalue weighted by molar-refractivity contribution is 5.94. The van der Waals surface area contributed by atoms with E-state index in [2.05, 4.69) is 10.8 Å². The van der Waals surface area contributed by atoms with Gasteiger partial charge in [-0.2, -0.15) is 0 Å². The largest absolute Gasteiger partial charge is 0.463 e. The van der Waals surface area contributed by atoms with E-state index in [9.17, 15) is 4.79 Å². The highest BCUT2D eigenvalue weighted by atomic mass is 16.5. The van der Waals surface area contributed by atoms with E-state index in [-0.39, 0.29) is 5.76 Å². The van der Waals surface area contributed by atoms with Crippen molar-refractivity contribution >= 4 is 5.97 Å². The van der Waals surface area contributed by atoms with Gasteiger partial charge in [0.1, 0.15) is 0 Å². The fourth-order valence-electron chi connectivity index (χ4n) is 1.20. The molecule has 1 aliphatic carbocycles. The van der Waals surface area contributed by atoms with E-state index in [0.29, 0.717) is 0 Å². The van der Waals surface area contributed by atoms with Crippen molar-refractivity contribution in [2.24, 2.45) is 0 Å². The summed E-state index contributed by atoms with van der Waals surface area (Å²) in [7, 11) is 1.32. The third kappa shape index (κ3) is 1.18. The standard InChI is InChI=1S/C10H7O3/c1-12-10(11)9-8-4-2-3-7(8)5-6-13-9/h2,4-6H,1H3. The SMILES string of the molecule is COC(=O)c1occc2[c]ccc1-2. The van der Waals surface area contributed by atoms with Crippen LogP contribution in [0.1, 0.15) is 10.6 Å². The van der Waals surface area contributed by atoms with Crippen molar-refractivity contribution in [1.29, 1.82) is 0 Å². The fourth-order valence-corrected chi connectivity index (χ4v) is 1.20. The molecule has 65 valence electrons. The van der Waals surface area contributed by atoms with Crippen LogP contribution in [0.25, 0.3) is 11.1 Å². The summed E-state index contributed by atoms with van der Waals surface area (Å²) in [6.45, 7) is 0. The molecule has 1 aliphatic heterocycles. The van der Waals surface area contributed by atoms with Crippen molar-refractivity contribution in [3.8, 4) is 11.1 Å². The molecule has 0 N–H and O–H groups in total. The second kappa shape index (κ2) is 2.94. The van der Waals surface area contributed by atoms with Crippen molar-refractivity contribution in [3.63, 3.8) is 0 Å². The lowest BCUT2D eigenvalue weighted by Crippen LogP contribution is -2.02. The minimum atomic E-state index is -0.467. The molecule has 1 radical (unpaired) electrons. The normalized spacial score (nSPS) is 10.2. The van der Waals surface area contributed by atoms with Gasteiger partial charge in [-0.1, -0.05) is 6.07 Å². The minimum Gasteiger partial charge on any atom is -0.463 e. The van der Waals surface area contributed by atoms with E-state index >= 15 is 0 Å². The molecule has 0 spiro atoms. The Morgan fingerprint density at radius 2 is 2.38 bits per heavy atom. The number of esters is 1. The second-order valence-corrected chi connectivity index (χ2v) is 2.55. The van der Waals surface area contributed by atoms with E-state index in [1.807, 2.05) is 0 Å². The molecule has 3 heteroatoms. The minimum absolute atomic E-state index is 0.223. The van der Waals surface area contributed by atoms with Gasteiger partial charge < -0.3 is 9.15 Å². The van der Waals surface area contributed by atoms with E-state index in [4.69, 9.17) is 4.42 Å². The Bertz CT molecular complexity index is 403. The Morgan fingerprint density at radius 1 is 1.54 bits per heavy atom. The molecule has 0 bridgehead atoms. The van der Waals surface area contributed by atoms with Crippen LogP contribution in [0.2, 0.25) is 0 Å². The first-order valence-electron chi connectivity index (χ1n) is 3.79. The summed E-state index contributed by atoms with van der Waals surface area (Å²) >= 11 is 0. The highest BCUT2D eigenvalue weighted by Crippen LogP contribution is 2.26. The monoisotopic (exact) mass is 175 g/mol. The van der Waals surface area contributed by atoms with Gasteiger partial charge in [-0.25, -0.2) is 4.79 Å². The van der Waals surface area contributed by atoms with Crippen LogP contribution in [-0.2, 0) is 4.74 Å². The molecule has 0 amide bonds. The average molecular weight is 175 g/mol. The van der Waals surface area contributed by atoms with Crippen LogP contribution < -0.4 is 0 Å². The molecule has 1 heterocycles. The molecule has 0 aromatic carbocycles. The maximum Gasteiger partial charge on any atom is 0.374 e. The van der Waals surface area contributed by atoms with Crippen LogP contribution in [0.15, 0.2) is 28.9 Å². The molecule has 0 saturated carbocycles. The van der Waals surface area contributed by atoms with Crippen molar-refractivity contribution < 1.29 is 13.9 Å². The molecule has 0 fully saturated rings. The zero-order valence-electron chi connectivity index (χ0n) is 7.03. The Kier molecular flexibility index (Phi) is 1.77. The van der Waals surface area contributed by atoms with Crippen molar-refractivity contribution in [2.75, 3.05) is 7.11 Å². The quantitative estimate of drug-likeness (QED) is 0.622. The third-order valence-electron chi connectivity index (χ3n) is 1.82. The maximum atomic E-state index is 11.2. The van der Waals surface area contributed by atoms with Gasteiger partial charge in [0.2, 0.25) is 5.76 Å². The fraction of sp³-hybridized carbons (Fsp3) is 0.100. The number of methoxy groups -OCH3 is 1. The summed E-state index contributed by atoms with van der Waals surface area (Å²) in [5.74, 6) is -0.244. The lowest BCUT2D eigenvalue weighted by atomic mass is 10.1. The van der Waals surface area contributed by atoms with E-state index in [1.54, 1.807) is 18.2 Å². The van der Waals surface area contributed by atoms with Gasteiger partial charge in [-0.05, 0) is 23.8 Å². The van der Waals surface area contributed by atoms with Crippen LogP contribution in [-0.4, -0.2) is 13.1 Å². The van der Waals surface area contributed by atoms with Crippen LogP contribution in [0.5, 0.6) is 0 Å². The molecule has 0 saturated heterocycles. The molecule has 13 heavy (non-hydrogen) atoms. The Hall–Kier alpha value is -1.77. The Morgan fingerprint density at radius 3 is 3.15 bits per heavy atom. The van der Waals surface area contributed by atoms with Crippen LogP contribution in [0, 0.1) is 6.07 Å². The number of carbonyl (C=O) groups excluding carboxylic acids is 1. The number of fused-ring (bicyclic) bond motifs is 1. The first-order valence-corrected chi connectivity index (χ1v) is 3.79.